The normalized spacial score (nSPS) is 11.8. The molecule has 0 heterocycles. The Kier molecular flexibility index (Phi) is 6.45. The van der Waals surface area contributed by atoms with Crippen LogP contribution in [-0.2, 0) is 4.79 Å². The number of rotatable bonds is 6. The van der Waals surface area contributed by atoms with E-state index < -0.39 is 0 Å². The highest BCUT2D eigenvalue weighted by Crippen LogP contribution is 2.20. The molecule has 1 atom stereocenters. The van der Waals surface area contributed by atoms with Crippen LogP contribution in [0.25, 0.3) is 0 Å². The van der Waals surface area contributed by atoms with Gasteiger partial charge in [0.05, 0.1) is 6.04 Å². The third kappa shape index (κ3) is 5.23. The van der Waals surface area contributed by atoms with Gasteiger partial charge in [-0.15, -0.1) is 0 Å². The quantitative estimate of drug-likeness (QED) is 0.693. The summed E-state index contributed by atoms with van der Waals surface area (Å²) in [4.78, 5) is 12.1. The van der Waals surface area contributed by atoms with E-state index in [2.05, 4.69) is 66.9 Å². The topological polar surface area (TPSA) is 38.3 Å². The molecule has 1 N–H and O–H groups in total. The van der Waals surface area contributed by atoms with Crippen LogP contribution in [0.2, 0.25) is 0 Å². The largest absolute Gasteiger partial charge is 0.484 e. The third-order valence-electron chi connectivity index (χ3n) is 3.86. The molecule has 0 aliphatic rings. The van der Waals surface area contributed by atoms with E-state index in [1.54, 1.807) is 0 Å². The monoisotopic (exact) mass is 423 g/mol. The van der Waals surface area contributed by atoms with Crippen molar-refractivity contribution in [1.29, 1.82) is 0 Å². The first-order chi connectivity index (χ1) is 11.0. The van der Waals surface area contributed by atoms with Crippen molar-refractivity contribution in [3.8, 4) is 5.75 Å². The van der Waals surface area contributed by atoms with Crippen LogP contribution in [0.4, 0.5) is 0 Å². The van der Waals surface area contributed by atoms with E-state index in [9.17, 15) is 4.79 Å². The van der Waals surface area contributed by atoms with Crippen molar-refractivity contribution in [2.45, 2.75) is 33.2 Å². The van der Waals surface area contributed by atoms with Gasteiger partial charge in [0, 0.05) is 3.57 Å². The molecule has 0 saturated heterocycles. The molecule has 23 heavy (non-hydrogen) atoms. The lowest BCUT2D eigenvalue weighted by atomic mass is 9.99. The van der Waals surface area contributed by atoms with Crippen molar-refractivity contribution < 1.29 is 9.53 Å². The standard InChI is InChI=1S/C19H22INO2/c1-4-18(15-6-5-13(2)14(3)11-15)21-19(22)12-23-17-9-7-16(20)8-10-17/h5-11,18H,4,12H2,1-3H3,(H,21,22)/t18-/m1/s1. The number of carbonyl (C=O) groups is 1. The lowest BCUT2D eigenvalue weighted by molar-refractivity contribution is -0.123. The number of halogens is 1. The SMILES string of the molecule is CC[C@@H](NC(=O)COc1ccc(I)cc1)c1ccc(C)c(C)c1. The Bertz CT molecular complexity index is 668. The summed E-state index contributed by atoms with van der Waals surface area (Å²) in [5, 5.41) is 3.05. The smallest absolute Gasteiger partial charge is 0.258 e. The summed E-state index contributed by atoms with van der Waals surface area (Å²) in [6, 6.07) is 14.0. The van der Waals surface area contributed by atoms with Crippen LogP contribution in [0.3, 0.4) is 0 Å². The van der Waals surface area contributed by atoms with Gasteiger partial charge < -0.3 is 10.1 Å². The molecule has 1 amide bonds. The van der Waals surface area contributed by atoms with Gasteiger partial charge in [0.15, 0.2) is 6.61 Å². The van der Waals surface area contributed by atoms with Gasteiger partial charge in [-0.25, -0.2) is 0 Å². The van der Waals surface area contributed by atoms with Crippen LogP contribution in [-0.4, -0.2) is 12.5 Å². The van der Waals surface area contributed by atoms with Crippen LogP contribution in [0.1, 0.15) is 36.1 Å². The van der Waals surface area contributed by atoms with E-state index in [1.165, 1.54) is 11.1 Å². The molecule has 0 unspecified atom stereocenters. The van der Waals surface area contributed by atoms with Crippen molar-refractivity contribution in [3.63, 3.8) is 0 Å². The number of ether oxygens (including phenoxy) is 1. The molecule has 2 aromatic carbocycles. The van der Waals surface area contributed by atoms with Crippen LogP contribution in [0.15, 0.2) is 42.5 Å². The van der Waals surface area contributed by atoms with Crippen molar-refractivity contribution in [3.05, 3.63) is 62.7 Å². The molecule has 0 radical (unpaired) electrons. The van der Waals surface area contributed by atoms with Gasteiger partial charge in [0.2, 0.25) is 0 Å². The first-order valence-electron chi connectivity index (χ1n) is 7.74. The van der Waals surface area contributed by atoms with Crippen molar-refractivity contribution >= 4 is 28.5 Å². The minimum Gasteiger partial charge on any atom is -0.484 e. The third-order valence-corrected chi connectivity index (χ3v) is 4.58. The molecule has 0 aliphatic carbocycles. The zero-order chi connectivity index (χ0) is 16.8. The number of hydrogen-bond acceptors (Lipinski definition) is 2. The van der Waals surface area contributed by atoms with E-state index in [0.29, 0.717) is 5.75 Å². The van der Waals surface area contributed by atoms with Gasteiger partial charge in [-0.3, -0.25) is 4.79 Å². The van der Waals surface area contributed by atoms with Gasteiger partial charge in [0.25, 0.3) is 5.91 Å². The molecule has 122 valence electrons. The number of aryl methyl sites for hydroxylation is 2. The Morgan fingerprint density at radius 1 is 1.13 bits per heavy atom. The number of amides is 1. The summed E-state index contributed by atoms with van der Waals surface area (Å²) in [5.74, 6) is 0.605. The zero-order valence-electron chi connectivity index (χ0n) is 13.7. The highest BCUT2D eigenvalue weighted by molar-refractivity contribution is 14.1. The summed E-state index contributed by atoms with van der Waals surface area (Å²) in [7, 11) is 0. The van der Waals surface area contributed by atoms with Crippen molar-refractivity contribution in [2.24, 2.45) is 0 Å². The summed E-state index contributed by atoms with van der Waals surface area (Å²) in [6.07, 6.45) is 0.845. The number of benzene rings is 2. The second-order valence-electron chi connectivity index (χ2n) is 5.61. The molecule has 0 bridgehead atoms. The molecule has 3 nitrogen and oxygen atoms in total. The fraction of sp³-hybridized carbons (Fsp3) is 0.316. The van der Waals surface area contributed by atoms with E-state index in [-0.39, 0.29) is 18.6 Å². The maximum Gasteiger partial charge on any atom is 0.258 e. The fourth-order valence-corrected chi connectivity index (χ4v) is 2.68. The van der Waals surface area contributed by atoms with Gasteiger partial charge >= 0.3 is 0 Å². The molecule has 0 fully saturated rings. The molecular formula is C19H22INO2. The Labute approximate surface area is 151 Å². The number of nitrogens with one attached hydrogen (secondary N) is 1. The maximum atomic E-state index is 12.1. The summed E-state index contributed by atoms with van der Waals surface area (Å²) < 4.78 is 6.67. The molecule has 4 heteroatoms. The average molecular weight is 423 g/mol. The predicted molar refractivity (Wildman–Crippen MR) is 102 cm³/mol. The molecule has 0 saturated carbocycles. The predicted octanol–water partition coefficient (Wildman–Crippen LogP) is 4.55. The van der Waals surface area contributed by atoms with E-state index in [0.717, 1.165) is 15.6 Å². The van der Waals surface area contributed by atoms with Crippen LogP contribution in [0.5, 0.6) is 5.75 Å². The molecule has 0 spiro atoms. The van der Waals surface area contributed by atoms with Gasteiger partial charge in [0.1, 0.15) is 5.75 Å². The second kappa shape index (κ2) is 8.34. The Morgan fingerprint density at radius 2 is 1.83 bits per heavy atom. The van der Waals surface area contributed by atoms with Crippen LogP contribution >= 0.6 is 22.6 Å². The minimum atomic E-state index is -0.103. The van der Waals surface area contributed by atoms with E-state index >= 15 is 0 Å². The van der Waals surface area contributed by atoms with Gasteiger partial charge in [-0.05, 0) is 83.8 Å². The highest BCUT2D eigenvalue weighted by atomic mass is 127. The maximum absolute atomic E-state index is 12.1. The fourth-order valence-electron chi connectivity index (χ4n) is 2.32. The molecule has 2 aromatic rings. The lowest BCUT2D eigenvalue weighted by Crippen LogP contribution is -2.32. The number of carbonyl (C=O) groups excluding carboxylic acids is 1. The van der Waals surface area contributed by atoms with Crippen molar-refractivity contribution in [2.75, 3.05) is 6.61 Å². The summed E-state index contributed by atoms with van der Waals surface area (Å²) in [6.45, 7) is 6.28. The first-order valence-corrected chi connectivity index (χ1v) is 8.82. The lowest BCUT2D eigenvalue weighted by Gasteiger charge is -2.19. The summed E-state index contributed by atoms with van der Waals surface area (Å²) in [5.41, 5.74) is 3.64. The molecule has 0 aliphatic heterocycles. The number of hydrogen-bond donors (Lipinski definition) is 1. The second-order valence-corrected chi connectivity index (χ2v) is 6.86. The van der Waals surface area contributed by atoms with E-state index in [1.807, 2.05) is 24.3 Å². The highest BCUT2D eigenvalue weighted by Gasteiger charge is 2.13. The Balaban J connectivity index is 1.94. The molecular weight excluding hydrogens is 401 g/mol. The Morgan fingerprint density at radius 3 is 2.43 bits per heavy atom. The van der Waals surface area contributed by atoms with Gasteiger partial charge in [-0.2, -0.15) is 0 Å². The summed E-state index contributed by atoms with van der Waals surface area (Å²) >= 11 is 2.24. The Hall–Kier alpha value is -1.56. The molecule has 0 aromatic heterocycles. The van der Waals surface area contributed by atoms with Crippen LogP contribution < -0.4 is 10.1 Å². The van der Waals surface area contributed by atoms with Crippen LogP contribution in [0, 0.1) is 17.4 Å². The van der Waals surface area contributed by atoms with Gasteiger partial charge in [-0.1, -0.05) is 25.1 Å². The first kappa shape index (κ1) is 17.8. The van der Waals surface area contributed by atoms with E-state index in [4.69, 9.17) is 4.74 Å². The zero-order valence-corrected chi connectivity index (χ0v) is 15.9. The average Bonchev–Trinajstić information content (AvgIpc) is 2.55. The molecule has 2 rings (SSSR count). The van der Waals surface area contributed by atoms with Crippen molar-refractivity contribution in [1.82, 2.24) is 5.32 Å². The minimum absolute atomic E-state index is 0.0159.